The summed E-state index contributed by atoms with van der Waals surface area (Å²) in [5, 5.41) is 12.3. The van der Waals surface area contributed by atoms with Gasteiger partial charge in [-0.25, -0.2) is 0 Å². The Labute approximate surface area is 125 Å². The first-order valence-electron chi connectivity index (χ1n) is 7.23. The van der Waals surface area contributed by atoms with E-state index in [-0.39, 0.29) is 17.3 Å². The van der Waals surface area contributed by atoms with E-state index in [9.17, 15) is 9.90 Å². The molecule has 0 saturated carbocycles. The van der Waals surface area contributed by atoms with Gasteiger partial charge in [0.25, 0.3) is 0 Å². The lowest BCUT2D eigenvalue weighted by molar-refractivity contribution is -0.120. The minimum Gasteiger partial charge on any atom is -0.393 e. The molecule has 1 aliphatic heterocycles. The Hall–Kier alpha value is -1.00. The molecule has 3 atom stereocenters. The van der Waals surface area contributed by atoms with Gasteiger partial charge in [-0.3, -0.25) is 4.79 Å². The summed E-state index contributed by atoms with van der Waals surface area (Å²) in [6.07, 6.45) is 1.45. The van der Waals surface area contributed by atoms with E-state index in [1.54, 1.807) is 18.7 Å². The molecular formula is C16H23NO2S. The highest BCUT2D eigenvalue weighted by molar-refractivity contribution is 8.00. The zero-order valence-electron chi connectivity index (χ0n) is 12.1. The number of aliphatic hydroxyl groups is 1. The first-order valence-corrected chi connectivity index (χ1v) is 8.28. The van der Waals surface area contributed by atoms with Crippen LogP contribution < -0.4 is 5.32 Å². The standard InChI is InChI=1S/C16H23NO2S/c1-11(9-12(2)18)10-17-16(19)15-14-6-4-3-5-13(14)7-8-20-15/h3-6,11-12,15,18H,7-10H2,1-2H3,(H,17,19). The van der Waals surface area contributed by atoms with E-state index in [0.29, 0.717) is 18.9 Å². The average Bonchev–Trinajstić information content (AvgIpc) is 2.43. The fourth-order valence-corrected chi connectivity index (χ4v) is 3.86. The fraction of sp³-hybridized carbons (Fsp3) is 0.562. The maximum absolute atomic E-state index is 12.4. The van der Waals surface area contributed by atoms with Crippen LogP contribution in [0.15, 0.2) is 24.3 Å². The minimum absolute atomic E-state index is 0.0845. The molecule has 110 valence electrons. The number of carbonyl (C=O) groups is 1. The van der Waals surface area contributed by atoms with Gasteiger partial charge in [0.1, 0.15) is 5.25 Å². The summed E-state index contributed by atoms with van der Waals surface area (Å²) >= 11 is 1.72. The molecule has 2 N–H and O–H groups in total. The van der Waals surface area contributed by atoms with Gasteiger partial charge in [-0.2, -0.15) is 0 Å². The number of nitrogens with one attached hydrogen (secondary N) is 1. The molecule has 0 fully saturated rings. The monoisotopic (exact) mass is 293 g/mol. The van der Waals surface area contributed by atoms with E-state index in [1.165, 1.54) is 5.56 Å². The Kier molecular flexibility index (Phi) is 5.49. The number of aliphatic hydroxyl groups excluding tert-OH is 1. The molecule has 4 heteroatoms. The van der Waals surface area contributed by atoms with Crippen molar-refractivity contribution in [1.29, 1.82) is 0 Å². The van der Waals surface area contributed by atoms with Crippen LogP contribution in [0.4, 0.5) is 0 Å². The summed E-state index contributed by atoms with van der Waals surface area (Å²) in [4.78, 5) is 12.4. The third-order valence-electron chi connectivity index (χ3n) is 3.60. The number of hydrogen-bond acceptors (Lipinski definition) is 3. The van der Waals surface area contributed by atoms with Crippen LogP contribution in [-0.4, -0.2) is 29.4 Å². The summed E-state index contributed by atoms with van der Waals surface area (Å²) in [6, 6.07) is 8.21. The summed E-state index contributed by atoms with van der Waals surface area (Å²) in [5.41, 5.74) is 2.45. The summed E-state index contributed by atoms with van der Waals surface area (Å²) in [5.74, 6) is 1.39. The van der Waals surface area contributed by atoms with E-state index in [1.807, 2.05) is 12.1 Å². The number of fused-ring (bicyclic) bond motifs is 1. The Morgan fingerprint density at radius 2 is 2.20 bits per heavy atom. The molecule has 1 amide bonds. The van der Waals surface area contributed by atoms with Gasteiger partial charge in [0.05, 0.1) is 6.10 Å². The number of carbonyl (C=O) groups excluding carboxylic acids is 1. The molecule has 1 aromatic rings. The van der Waals surface area contributed by atoms with Crippen molar-refractivity contribution in [2.45, 2.75) is 38.0 Å². The van der Waals surface area contributed by atoms with Gasteiger partial charge in [-0.1, -0.05) is 31.2 Å². The fourth-order valence-electron chi connectivity index (χ4n) is 2.64. The molecule has 1 aliphatic rings. The lowest BCUT2D eigenvalue weighted by atomic mass is 10.0. The van der Waals surface area contributed by atoms with Gasteiger partial charge in [0, 0.05) is 6.54 Å². The predicted octanol–water partition coefficient (Wildman–Crippen LogP) is 2.54. The summed E-state index contributed by atoms with van der Waals surface area (Å²) < 4.78 is 0. The summed E-state index contributed by atoms with van der Waals surface area (Å²) in [7, 11) is 0. The lowest BCUT2D eigenvalue weighted by Crippen LogP contribution is -2.33. The predicted molar refractivity (Wildman–Crippen MR) is 83.8 cm³/mol. The number of benzene rings is 1. The van der Waals surface area contributed by atoms with Crippen LogP contribution in [0, 0.1) is 5.92 Å². The molecular weight excluding hydrogens is 270 g/mol. The third-order valence-corrected chi connectivity index (χ3v) is 4.84. The molecule has 1 aromatic carbocycles. The van der Waals surface area contributed by atoms with Crippen molar-refractivity contribution in [1.82, 2.24) is 5.32 Å². The Bertz CT molecular complexity index is 462. The largest absolute Gasteiger partial charge is 0.393 e. The molecule has 1 heterocycles. The van der Waals surface area contributed by atoms with Crippen LogP contribution in [0.5, 0.6) is 0 Å². The second kappa shape index (κ2) is 7.14. The summed E-state index contributed by atoms with van der Waals surface area (Å²) in [6.45, 7) is 4.46. The number of hydrogen-bond donors (Lipinski definition) is 2. The Balaban J connectivity index is 1.94. The van der Waals surface area contributed by atoms with Crippen LogP contribution in [0.2, 0.25) is 0 Å². The lowest BCUT2D eigenvalue weighted by Gasteiger charge is -2.25. The van der Waals surface area contributed by atoms with Crippen molar-refractivity contribution in [3.05, 3.63) is 35.4 Å². The first kappa shape index (κ1) is 15.4. The number of thioether (sulfide) groups is 1. The molecule has 0 radical (unpaired) electrons. The third kappa shape index (κ3) is 4.00. The molecule has 20 heavy (non-hydrogen) atoms. The van der Waals surface area contributed by atoms with Crippen LogP contribution in [-0.2, 0) is 11.2 Å². The van der Waals surface area contributed by atoms with Gasteiger partial charge in [0.2, 0.25) is 5.91 Å². The normalized spacial score (nSPS) is 20.9. The van der Waals surface area contributed by atoms with E-state index in [2.05, 4.69) is 24.4 Å². The van der Waals surface area contributed by atoms with Gasteiger partial charge >= 0.3 is 0 Å². The van der Waals surface area contributed by atoms with E-state index in [4.69, 9.17) is 0 Å². The van der Waals surface area contributed by atoms with Crippen molar-refractivity contribution in [3.8, 4) is 0 Å². The average molecular weight is 293 g/mol. The SMILES string of the molecule is CC(O)CC(C)CNC(=O)C1SCCc2ccccc21. The topological polar surface area (TPSA) is 49.3 Å². The highest BCUT2D eigenvalue weighted by Gasteiger charge is 2.26. The van der Waals surface area contributed by atoms with Crippen molar-refractivity contribution in [3.63, 3.8) is 0 Å². The van der Waals surface area contributed by atoms with Crippen LogP contribution >= 0.6 is 11.8 Å². The van der Waals surface area contributed by atoms with Gasteiger partial charge in [-0.15, -0.1) is 11.8 Å². The quantitative estimate of drug-likeness (QED) is 0.877. The Morgan fingerprint density at radius 3 is 2.95 bits per heavy atom. The zero-order chi connectivity index (χ0) is 14.5. The van der Waals surface area contributed by atoms with E-state index in [0.717, 1.165) is 17.7 Å². The van der Waals surface area contributed by atoms with Crippen molar-refractivity contribution in [2.75, 3.05) is 12.3 Å². The molecule has 0 saturated heterocycles. The Morgan fingerprint density at radius 1 is 1.45 bits per heavy atom. The molecule has 3 unspecified atom stereocenters. The molecule has 0 aliphatic carbocycles. The van der Waals surface area contributed by atoms with Crippen molar-refractivity contribution in [2.24, 2.45) is 5.92 Å². The van der Waals surface area contributed by atoms with Gasteiger partial charge < -0.3 is 10.4 Å². The maximum atomic E-state index is 12.4. The highest BCUT2D eigenvalue weighted by atomic mass is 32.2. The van der Waals surface area contributed by atoms with Gasteiger partial charge in [0.15, 0.2) is 0 Å². The molecule has 0 spiro atoms. The number of aryl methyl sites for hydroxylation is 1. The first-order chi connectivity index (χ1) is 9.58. The minimum atomic E-state index is -0.313. The highest BCUT2D eigenvalue weighted by Crippen LogP contribution is 2.36. The molecule has 2 rings (SSSR count). The number of amides is 1. The molecule has 0 bridgehead atoms. The van der Waals surface area contributed by atoms with E-state index >= 15 is 0 Å². The van der Waals surface area contributed by atoms with Crippen LogP contribution in [0.1, 0.15) is 36.6 Å². The van der Waals surface area contributed by atoms with Crippen LogP contribution in [0.25, 0.3) is 0 Å². The second-order valence-corrected chi connectivity index (χ2v) is 6.85. The van der Waals surface area contributed by atoms with Crippen molar-refractivity contribution >= 4 is 17.7 Å². The number of rotatable bonds is 5. The van der Waals surface area contributed by atoms with Crippen LogP contribution in [0.3, 0.4) is 0 Å². The zero-order valence-corrected chi connectivity index (χ0v) is 13.0. The second-order valence-electron chi connectivity index (χ2n) is 5.63. The maximum Gasteiger partial charge on any atom is 0.237 e. The molecule has 0 aromatic heterocycles. The van der Waals surface area contributed by atoms with Gasteiger partial charge in [-0.05, 0) is 42.6 Å². The molecule has 3 nitrogen and oxygen atoms in total. The van der Waals surface area contributed by atoms with E-state index < -0.39 is 0 Å². The van der Waals surface area contributed by atoms with Crippen molar-refractivity contribution < 1.29 is 9.90 Å². The smallest absolute Gasteiger partial charge is 0.237 e.